The summed E-state index contributed by atoms with van der Waals surface area (Å²) in [5, 5.41) is 13.3. The quantitative estimate of drug-likeness (QED) is 0.888. The molecule has 1 heterocycles. The van der Waals surface area contributed by atoms with Gasteiger partial charge < -0.3 is 15.3 Å². The number of benzene rings is 1. The van der Waals surface area contributed by atoms with Gasteiger partial charge in [0.25, 0.3) is 0 Å². The third-order valence-corrected chi connectivity index (χ3v) is 5.80. The van der Waals surface area contributed by atoms with Gasteiger partial charge in [0, 0.05) is 36.0 Å². The summed E-state index contributed by atoms with van der Waals surface area (Å²) >= 11 is 2.00. The molecule has 2 fully saturated rings. The molecule has 1 aliphatic heterocycles. The Hall–Kier alpha value is -1.20. The Morgan fingerprint density at radius 2 is 2.00 bits per heavy atom. The molecule has 0 aromatic heterocycles. The van der Waals surface area contributed by atoms with Crippen molar-refractivity contribution >= 4 is 29.0 Å². The minimum absolute atomic E-state index is 0.0871. The lowest BCUT2D eigenvalue weighted by Gasteiger charge is -2.30. The standard InChI is InChI=1S/C18H26N2O2S/c1-14-12-15(4-5-16(14)20-8-10-23-11-9-20)19-17(21)13-18(22)6-2-3-7-18/h4-5,12,22H,2-3,6-11,13H2,1H3,(H,19,21). The highest BCUT2D eigenvalue weighted by Crippen LogP contribution is 2.33. The Balaban J connectivity index is 1.62. The Bertz CT molecular complexity index is 564. The number of aryl methyl sites for hydroxylation is 1. The highest BCUT2D eigenvalue weighted by Gasteiger charge is 2.33. The second-order valence-electron chi connectivity index (χ2n) is 6.76. The van der Waals surface area contributed by atoms with Gasteiger partial charge >= 0.3 is 0 Å². The van der Waals surface area contributed by atoms with Crippen LogP contribution in [0.3, 0.4) is 0 Å². The molecule has 3 rings (SSSR count). The Labute approximate surface area is 142 Å². The molecule has 1 aromatic rings. The van der Waals surface area contributed by atoms with E-state index in [0.29, 0.717) is 0 Å². The fourth-order valence-corrected chi connectivity index (χ4v) is 4.51. The van der Waals surface area contributed by atoms with Crippen LogP contribution in [0.1, 0.15) is 37.7 Å². The van der Waals surface area contributed by atoms with Crippen LogP contribution in [0.5, 0.6) is 0 Å². The number of aliphatic hydroxyl groups is 1. The molecule has 5 heteroatoms. The molecule has 0 bridgehead atoms. The largest absolute Gasteiger partial charge is 0.389 e. The highest BCUT2D eigenvalue weighted by atomic mass is 32.2. The van der Waals surface area contributed by atoms with E-state index in [4.69, 9.17) is 0 Å². The van der Waals surface area contributed by atoms with E-state index in [1.54, 1.807) is 0 Å². The minimum atomic E-state index is -0.787. The molecule has 0 unspecified atom stereocenters. The Morgan fingerprint density at radius 1 is 1.30 bits per heavy atom. The lowest BCUT2D eigenvalue weighted by Crippen LogP contribution is -2.33. The van der Waals surface area contributed by atoms with E-state index in [-0.39, 0.29) is 12.3 Å². The number of rotatable bonds is 4. The number of nitrogens with zero attached hydrogens (tertiary/aromatic N) is 1. The Morgan fingerprint density at radius 3 is 2.65 bits per heavy atom. The lowest BCUT2D eigenvalue weighted by atomic mass is 9.97. The molecular weight excluding hydrogens is 308 g/mol. The average molecular weight is 334 g/mol. The fourth-order valence-electron chi connectivity index (χ4n) is 3.61. The maximum Gasteiger partial charge on any atom is 0.227 e. The van der Waals surface area contributed by atoms with E-state index in [2.05, 4.69) is 23.2 Å². The van der Waals surface area contributed by atoms with E-state index in [0.717, 1.165) is 44.5 Å². The Kier molecular flexibility index (Phi) is 5.17. The number of carbonyl (C=O) groups is 1. The summed E-state index contributed by atoms with van der Waals surface area (Å²) in [7, 11) is 0. The van der Waals surface area contributed by atoms with Crippen molar-refractivity contribution in [3.63, 3.8) is 0 Å². The third kappa shape index (κ3) is 4.21. The normalized spacial score (nSPS) is 20.5. The summed E-state index contributed by atoms with van der Waals surface area (Å²) in [4.78, 5) is 14.6. The first-order valence-corrected chi connectivity index (χ1v) is 9.67. The van der Waals surface area contributed by atoms with Crippen LogP contribution in [-0.4, -0.2) is 41.2 Å². The van der Waals surface area contributed by atoms with Crippen LogP contribution in [0.25, 0.3) is 0 Å². The van der Waals surface area contributed by atoms with Crippen molar-refractivity contribution in [2.75, 3.05) is 34.8 Å². The number of carbonyl (C=O) groups excluding carboxylic acids is 1. The zero-order chi connectivity index (χ0) is 16.3. The van der Waals surface area contributed by atoms with Gasteiger partial charge in [-0.1, -0.05) is 12.8 Å². The molecule has 2 N–H and O–H groups in total. The molecular formula is C18H26N2O2S. The molecule has 23 heavy (non-hydrogen) atoms. The smallest absolute Gasteiger partial charge is 0.227 e. The predicted octanol–water partition coefficient (Wildman–Crippen LogP) is 3.18. The summed E-state index contributed by atoms with van der Waals surface area (Å²) < 4.78 is 0. The summed E-state index contributed by atoms with van der Waals surface area (Å²) in [5.41, 5.74) is 2.49. The molecule has 0 atom stereocenters. The topological polar surface area (TPSA) is 52.6 Å². The SMILES string of the molecule is Cc1cc(NC(=O)CC2(O)CCCC2)ccc1N1CCSCC1. The number of hydrogen-bond donors (Lipinski definition) is 2. The first kappa shape index (κ1) is 16.7. The van der Waals surface area contributed by atoms with Crippen LogP contribution >= 0.6 is 11.8 Å². The van der Waals surface area contributed by atoms with Crippen LogP contribution in [0.4, 0.5) is 11.4 Å². The molecule has 1 saturated heterocycles. The number of thioether (sulfide) groups is 1. The molecule has 0 spiro atoms. The monoisotopic (exact) mass is 334 g/mol. The first-order chi connectivity index (χ1) is 11.1. The van der Waals surface area contributed by atoms with Gasteiger partial charge in [-0.15, -0.1) is 0 Å². The van der Waals surface area contributed by atoms with Crippen LogP contribution in [0.2, 0.25) is 0 Å². The van der Waals surface area contributed by atoms with Gasteiger partial charge in [0.2, 0.25) is 5.91 Å². The van der Waals surface area contributed by atoms with Gasteiger partial charge in [-0.05, 0) is 43.5 Å². The van der Waals surface area contributed by atoms with Crippen molar-refractivity contribution < 1.29 is 9.90 Å². The zero-order valence-electron chi connectivity index (χ0n) is 13.8. The van der Waals surface area contributed by atoms with E-state index < -0.39 is 5.60 Å². The minimum Gasteiger partial charge on any atom is -0.389 e. The van der Waals surface area contributed by atoms with Gasteiger partial charge in [-0.2, -0.15) is 11.8 Å². The van der Waals surface area contributed by atoms with Gasteiger partial charge in [0.15, 0.2) is 0 Å². The van der Waals surface area contributed by atoms with Crippen LogP contribution in [0.15, 0.2) is 18.2 Å². The molecule has 2 aliphatic rings. The predicted molar refractivity (Wildman–Crippen MR) is 97.4 cm³/mol. The van der Waals surface area contributed by atoms with Gasteiger partial charge in [-0.25, -0.2) is 0 Å². The molecule has 1 amide bonds. The van der Waals surface area contributed by atoms with Crippen molar-refractivity contribution in [1.29, 1.82) is 0 Å². The molecule has 126 valence electrons. The number of nitrogens with one attached hydrogen (secondary N) is 1. The summed E-state index contributed by atoms with van der Waals surface area (Å²) in [6.45, 7) is 4.27. The van der Waals surface area contributed by atoms with Gasteiger partial charge in [0.1, 0.15) is 0 Å². The van der Waals surface area contributed by atoms with Crippen molar-refractivity contribution in [3.05, 3.63) is 23.8 Å². The van der Waals surface area contributed by atoms with Crippen molar-refractivity contribution in [2.45, 2.75) is 44.6 Å². The molecule has 0 radical (unpaired) electrons. The molecule has 1 saturated carbocycles. The van der Waals surface area contributed by atoms with Gasteiger partial charge in [0.05, 0.1) is 12.0 Å². The van der Waals surface area contributed by atoms with Crippen molar-refractivity contribution in [1.82, 2.24) is 0 Å². The van der Waals surface area contributed by atoms with E-state index in [9.17, 15) is 9.90 Å². The number of anilines is 2. The number of hydrogen-bond acceptors (Lipinski definition) is 4. The summed E-state index contributed by atoms with van der Waals surface area (Å²) in [5.74, 6) is 2.27. The molecule has 1 aromatic carbocycles. The van der Waals surface area contributed by atoms with Crippen molar-refractivity contribution in [2.24, 2.45) is 0 Å². The summed E-state index contributed by atoms with van der Waals surface area (Å²) in [6.07, 6.45) is 3.73. The van der Waals surface area contributed by atoms with Crippen molar-refractivity contribution in [3.8, 4) is 0 Å². The molecule has 4 nitrogen and oxygen atoms in total. The number of amides is 1. The van der Waals surface area contributed by atoms with E-state index >= 15 is 0 Å². The third-order valence-electron chi connectivity index (χ3n) is 4.86. The first-order valence-electron chi connectivity index (χ1n) is 8.51. The second kappa shape index (κ2) is 7.14. The van der Waals surface area contributed by atoms with Gasteiger partial charge in [-0.3, -0.25) is 4.79 Å². The van der Waals surface area contributed by atoms with E-state index in [1.807, 2.05) is 23.9 Å². The average Bonchev–Trinajstić information content (AvgIpc) is 2.94. The lowest BCUT2D eigenvalue weighted by molar-refractivity contribution is -0.120. The van der Waals surface area contributed by atoms with Crippen LogP contribution < -0.4 is 10.2 Å². The fraction of sp³-hybridized carbons (Fsp3) is 0.611. The maximum absolute atomic E-state index is 12.2. The zero-order valence-corrected chi connectivity index (χ0v) is 14.6. The molecule has 1 aliphatic carbocycles. The second-order valence-corrected chi connectivity index (χ2v) is 7.98. The van der Waals surface area contributed by atoms with E-state index in [1.165, 1.54) is 22.8 Å². The van der Waals surface area contributed by atoms with Crippen LogP contribution in [0, 0.1) is 6.92 Å². The summed E-state index contributed by atoms with van der Waals surface area (Å²) in [6, 6.07) is 6.11. The van der Waals surface area contributed by atoms with Crippen LogP contribution in [-0.2, 0) is 4.79 Å². The highest BCUT2D eigenvalue weighted by molar-refractivity contribution is 7.99. The maximum atomic E-state index is 12.2.